The summed E-state index contributed by atoms with van der Waals surface area (Å²) in [6, 6.07) is 18.4. The molecular weight excluding hydrogens is 749 g/mol. The molecule has 1 aliphatic carbocycles. The van der Waals surface area contributed by atoms with Crippen molar-refractivity contribution in [2.45, 2.75) is 130 Å². The van der Waals surface area contributed by atoms with Crippen LogP contribution in [0.15, 0.2) is 71.5 Å². The van der Waals surface area contributed by atoms with E-state index in [0.29, 0.717) is 37.1 Å². The molecule has 0 aliphatic heterocycles. The van der Waals surface area contributed by atoms with E-state index >= 15 is 0 Å². The van der Waals surface area contributed by atoms with Crippen molar-refractivity contribution in [3.63, 3.8) is 0 Å². The van der Waals surface area contributed by atoms with Crippen molar-refractivity contribution < 1.29 is 33.7 Å². The molecule has 12 nitrogen and oxygen atoms in total. The van der Waals surface area contributed by atoms with Gasteiger partial charge in [-0.05, 0) is 91.7 Å². The van der Waals surface area contributed by atoms with Crippen molar-refractivity contribution in [1.82, 2.24) is 9.13 Å². The molecule has 1 heterocycles. The largest absolute Gasteiger partial charge is 0.495 e. The Hall–Kier alpha value is -5.52. The lowest BCUT2D eigenvalue weighted by molar-refractivity contribution is -0.134. The third-order valence-corrected chi connectivity index (χ3v) is 12.3. The number of anilines is 2. The average molecular weight is 811 g/mol. The number of amides is 2. The monoisotopic (exact) mass is 810 g/mol. The van der Waals surface area contributed by atoms with Crippen LogP contribution in [0.2, 0.25) is 0 Å². The van der Waals surface area contributed by atoms with E-state index in [2.05, 4.69) is 64.3 Å². The van der Waals surface area contributed by atoms with Crippen molar-refractivity contribution in [3.05, 3.63) is 93.9 Å². The highest BCUT2D eigenvalue weighted by Crippen LogP contribution is 2.52. The SMILES string of the molecule is CCOc1c(O)n(C(C(=O)Nc2cc(NC(=O)C(CC)Oc3ccc(C(C)(C)CC)cc3C(C)(C)CC)ccc2OC)C(=O)C2(CC)CC2)c(=O)n1Cc1ccccc1. The Bertz CT molecular complexity index is 2200. The molecule has 3 N–H and O–H groups in total. The molecule has 2 amide bonds. The summed E-state index contributed by atoms with van der Waals surface area (Å²) in [7, 11) is 1.43. The second kappa shape index (κ2) is 18.2. The third kappa shape index (κ3) is 9.37. The predicted molar refractivity (Wildman–Crippen MR) is 231 cm³/mol. The van der Waals surface area contributed by atoms with Crippen LogP contribution < -0.4 is 30.5 Å². The molecule has 1 aliphatic rings. The number of Topliss-reactive ketones (excluding diaryl/α,β-unsaturated/α-hetero) is 1. The van der Waals surface area contributed by atoms with E-state index in [1.807, 2.05) is 50.2 Å². The maximum atomic E-state index is 14.5. The van der Waals surface area contributed by atoms with Crippen LogP contribution >= 0.6 is 0 Å². The van der Waals surface area contributed by atoms with Crippen molar-refractivity contribution in [2.24, 2.45) is 5.41 Å². The quantitative estimate of drug-likeness (QED) is 0.0750. The minimum Gasteiger partial charge on any atom is -0.495 e. The van der Waals surface area contributed by atoms with Crippen molar-refractivity contribution in [3.8, 4) is 23.3 Å². The van der Waals surface area contributed by atoms with Crippen LogP contribution in [0.5, 0.6) is 23.3 Å². The number of aromatic hydroxyl groups is 1. The maximum Gasteiger partial charge on any atom is 0.335 e. The van der Waals surface area contributed by atoms with Crippen LogP contribution in [-0.2, 0) is 31.8 Å². The predicted octanol–water partition coefficient (Wildman–Crippen LogP) is 8.92. The number of nitrogens with one attached hydrogen (secondary N) is 2. The minimum absolute atomic E-state index is 0.0288. The number of rotatable bonds is 20. The molecule has 0 bridgehead atoms. The smallest absolute Gasteiger partial charge is 0.335 e. The van der Waals surface area contributed by atoms with Gasteiger partial charge in [-0.25, -0.2) is 9.36 Å². The first-order valence-corrected chi connectivity index (χ1v) is 20.9. The summed E-state index contributed by atoms with van der Waals surface area (Å²) in [5, 5.41) is 17.3. The summed E-state index contributed by atoms with van der Waals surface area (Å²) in [5.41, 5.74) is 1.64. The Balaban J connectivity index is 1.47. The Morgan fingerprint density at radius 3 is 2.08 bits per heavy atom. The number of hydrogen-bond acceptors (Lipinski definition) is 8. The lowest BCUT2D eigenvalue weighted by atomic mass is 9.76. The Morgan fingerprint density at radius 2 is 1.51 bits per heavy atom. The first kappa shape index (κ1) is 44.6. The Morgan fingerprint density at radius 1 is 0.847 bits per heavy atom. The summed E-state index contributed by atoms with van der Waals surface area (Å²) < 4.78 is 19.9. The van der Waals surface area contributed by atoms with E-state index in [1.165, 1.54) is 23.3 Å². The van der Waals surface area contributed by atoms with Crippen LogP contribution in [0.4, 0.5) is 11.4 Å². The van der Waals surface area contributed by atoms with E-state index in [1.54, 1.807) is 19.1 Å². The molecular formula is C47H62N4O8. The molecule has 5 rings (SSSR count). The van der Waals surface area contributed by atoms with Crippen molar-refractivity contribution >= 4 is 29.0 Å². The van der Waals surface area contributed by atoms with Gasteiger partial charge in [-0.15, -0.1) is 0 Å². The molecule has 3 aromatic carbocycles. The zero-order chi connectivity index (χ0) is 43.3. The lowest BCUT2D eigenvalue weighted by Crippen LogP contribution is -2.41. The molecule has 0 spiro atoms. The Labute approximate surface area is 348 Å². The normalized spacial score (nSPS) is 14.5. The summed E-state index contributed by atoms with van der Waals surface area (Å²) in [4.78, 5) is 56.9. The van der Waals surface area contributed by atoms with E-state index in [9.17, 15) is 24.3 Å². The standard InChI is InChI=1S/C47H62N4O8/c1-11-35(59-36-23-21-31(45(6,7)12-2)27-33(36)46(8,9)13-3)40(53)48-32-22-24-37(57-10)34(28-32)49-41(54)38(39(52)47(14-4)25-26-47)51-42(55)43(58-15-5)50(44(51)56)29-30-19-17-16-18-20-30/h16-24,27-28,35,38,55H,11-15,25-26,29H2,1-10H3,(H,48,53)(H,49,54). The molecule has 59 heavy (non-hydrogen) atoms. The van der Waals surface area contributed by atoms with Crippen LogP contribution in [-0.4, -0.2) is 51.7 Å². The summed E-state index contributed by atoms with van der Waals surface area (Å²) in [6.45, 7) is 18.7. The third-order valence-electron chi connectivity index (χ3n) is 12.3. The van der Waals surface area contributed by atoms with E-state index < -0.39 is 40.8 Å². The summed E-state index contributed by atoms with van der Waals surface area (Å²) in [5.74, 6) is -1.61. The van der Waals surface area contributed by atoms with E-state index in [-0.39, 0.29) is 47.2 Å². The van der Waals surface area contributed by atoms with Gasteiger partial charge in [0.05, 0.1) is 25.9 Å². The van der Waals surface area contributed by atoms with Gasteiger partial charge in [0, 0.05) is 16.7 Å². The molecule has 12 heteroatoms. The van der Waals surface area contributed by atoms with Gasteiger partial charge < -0.3 is 30.0 Å². The number of hydrogen-bond donors (Lipinski definition) is 3. The molecule has 0 radical (unpaired) electrons. The molecule has 0 saturated heterocycles. The van der Waals surface area contributed by atoms with Gasteiger partial charge in [0.2, 0.25) is 0 Å². The van der Waals surface area contributed by atoms with Gasteiger partial charge in [-0.3, -0.25) is 19.0 Å². The number of nitrogens with zero attached hydrogens (tertiary/aromatic N) is 2. The van der Waals surface area contributed by atoms with Crippen LogP contribution in [0.1, 0.15) is 124 Å². The molecule has 2 atom stereocenters. The highest BCUT2D eigenvalue weighted by atomic mass is 16.5. The number of carbonyl (C=O) groups is 3. The number of ether oxygens (including phenoxy) is 3. The fourth-order valence-corrected chi connectivity index (χ4v) is 7.28. The number of carbonyl (C=O) groups excluding carboxylic acids is 3. The maximum absolute atomic E-state index is 14.5. The lowest BCUT2D eigenvalue weighted by Gasteiger charge is -2.31. The summed E-state index contributed by atoms with van der Waals surface area (Å²) in [6.07, 6.45) is 2.94. The van der Waals surface area contributed by atoms with Crippen molar-refractivity contribution in [2.75, 3.05) is 24.4 Å². The molecule has 318 valence electrons. The van der Waals surface area contributed by atoms with Crippen LogP contribution in [0.25, 0.3) is 0 Å². The number of methoxy groups -OCH3 is 1. The van der Waals surface area contributed by atoms with Gasteiger partial charge in [-0.1, -0.05) is 97.9 Å². The van der Waals surface area contributed by atoms with Gasteiger partial charge in [0.25, 0.3) is 23.6 Å². The first-order valence-electron chi connectivity index (χ1n) is 20.9. The summed E-state index contributed by atoms with van der Waals surface area (Å²) >= 11 is 0. The van der Waals surface area contributed by atoms with Gasteiger partial charge >= 0.3 is 5.69 Å². The van der Waals surface area contributed by atoms with Gasteiger partial charge in [0.1, 0.15) is 11.5 Å². The molecule has 1 saturated carbocycles. The van der Waals surface area contributed by atoms with Crippen LogP contribution in [0.3, 0.4) is 0 Å². The minimum atomic E-state index is -1.74. The van der Waals surface area contributed by atoms with Crippen molar-refractivity contribution in [1.29, 1.82) is 0 Å². The number of benzene rings is 3. The fraction of sp³-hybridized carbons (Fsp3) is 0.489. The molecule has 4 aromatic rings. The fourth-order valence-electron chi connectivity index (χ4n) is 7.28. The zero-order valence-corrected chi connectivity index (χ0v) is 36.4. The topological polar surface area (TPSA) is 150 Å². The van der Waals surface area contributed by atoms with E-state index in [4.69, 9.17) is 14.2 Å². The van der Waals surface area contributed by atoms with Gasteiger partial charge in [0.15, 0.2) is 17.9 Å². The Kier molecular flexibility index (Phi) is 13.7. The second-order valence-corrected chi connectivity index (χ2v) is 16.8. The second-order valence-electron chi connectivity index (χ2n) is 16.8. The number of imidazole rings is 1. The van der Waals surface area contributed by atoms with Crippen LogP contribution in [0, 0.1) is 5.41 Å². The molecule has 2 unspecified atom stereocenters. The molecule has 1 aromatic heterocycles. The number of ketones is 1. The van der Waals surface area contributed by atoms with E-state index in [0.717, 1.165) is 28.5 Å². The average Bonchev–Trinajstić information content (AvgIpc) is 4.00. The highest BCUT2D eigenvalue weighted by molar-refractivity contribution is 6.12. The first-order chi connectivity index (χ1) is 28.0. The molecule has 1 fully saturated rings. The van der Waals surface area contributed by atoms with Gasteiger partial charge in [-0.2, -0.15) is 0 Å². The highest BCUT2D eigenvalue weighted by Gasteiger charge is 2.53. The number of aromatic nitrogens is 2. The zero-order valence-electron chi connectivity index (χ0n) is 36.4.